The van der Waals surface area contributed by atoms with Crippen LogP contribution in [0.25, 0.3) is 0 Å². The number of hydrogen-bond acceptors (Lipinski definition) is 4. The predicted octanol–water partition coefficient (Wildman–Crippen LogP) is 1.81. The summed E-state index contributed by atoms with van der Waals surface area (Å²) in [5.74, 6) is 6.16. The van der Waals surface area contributed by atoms with Gasteiger partial charge in [-0.25, -0.2) is 9.97 Å². The summed E-state index contributed by atoms with van der Waals surface area (Å²) in [7, 11) is 3.53. The largest absolute Gasteiger partial charge is 0.349 e. The van der Waals surface area contributed by atoms with Crippen LogP contribution in [0.3, 0.4) is 0 Å². The molecule has 0 aromatic carbocycles. The Balaban J connectivity index is 2.35. The van der Waals surface area contributed by atoms with Crippen molar-refractivity contribution in [3.8, 4) is 11.8 Å². The van der Waals surface area contributed by atoms with Crippen molar-refractivity contribution in [3.63, 3.8) is 0 Å². The van der Waals surface area contributed by atoms with Crippen LogP contribution in [0.4, 0.5) is 0 Å². The molecule has 0 aliphatic rings. The topological polar surface area (TPSA) is 46.1 Å². The van der Waals surface area contributed by atoms with Gasteiger partial charge in [-0.2, -0.15) is 0 Å². The van der Waals surface area contributed by atoms with Crippen LogP contribution in [0.1, 0.15) is 24.8 Å². The van der Waals surface area contributed by atoms with Crippen LogP contribution in [0.2, 0.25) is 0 Å². The number of rotatable bonds is 4. The number of unbranched alkanes of at least 4 members (excludes halogenated alkanes) is 1. The number of amides is 1. The second-order valence-electron chi connectivity index (χ2n) is 3.90. The highest BCUT2D eigenvalue weighted by Crippen LogP contribution is 2.06. The van der Waals surface area contributed by atoms with E-state index in [0.717, 1.165) is 17.1 Å². The van der Waals surface area contributed by atoms with Gasteiger partial charge in [0.25, 0.3) is 0 Å². The van der Waals surface area contributed by atoms with Crippen LogP contribution < -0.4 is 0 Å². The van der Waals surface area contributed by atoms with E-state index >= 15 is 0 Å². The first-order chi connectivity index (χ1) is 8.63. The minimum absolute atomic E-state index is 0.143. The zero-order valence-electron chi connectivity index (χ0n) is 10.9. The summed E-state index contributed by atoms with van der Waals surface area (Å²) in [5.41, 5.74) is 0.812. The molecule has 18 heavy (non-hydrogen) atoms. The molecule has 0 bridgehead atoms. The van der Waals surface area contributed by atoms with Crippen LogP contribution in [0, 0.1) is 11.8 Å². The highest BCUT2D eigenvalue weighted by molar-refractivity contribution is 7.98. The van der Waals surface area contributed by atoms with Crippen LogP contribution >= 0.6 is 11.8 Å². The van der Waals surface area contributed by atoms with E-state index in [1.54, 1.807) is 31.4 Å². The van der Waals surface area contributed by atoms with Gasteiger partial charge in [-0.3, -0.25) is 4.79 Å². The van der Waals surface area contributed by atoms with Gasteiger partial charge < -0.3 is 4.90 Å². The van der Waals surface area contributed by atoms with Crippen LogP contribution in [0.5, 0.6) is 0 Å². The summed E-state index contributed by atoms with van der Waals surface area (Å²) < 4.78 is 0. The fourth-order valence-electron chi connectivity index (χ4n) is 1.20. The summed E-state index contributed by atoms with van der Waals surface area (Å²) >= 11 is 1.50. The van der Waals surface area contributed by atoms with Gasteiger partial charge in [0.2, 0.25) is 5.91 Å². The molecule has 0 atom stereocenters. The zero-order valence-corrected chi connectivity index (χ0v) is 11.8. The van der Waals surface area contributed by atoms with E-state index in [-0.39, 0.29) is 5.91 Å². The molecule has 0 saturated heterocycles. The summed E-state index contributed by atoms with van der Waals surface area (Å²) in [4.78, 5) is 21.2. The summed E-state index contributed by atoms with van der Waals surface area (Å²) in [6, 6.07) is 0. The van der Waals surface area contributed by atoms with Crippen molar-refractivity contribution in [2.75, 3.05) is 20.4 Å². The Morgan fingerprint density at radius 1 is 1.39 bits per heavy atom. The van der Waals surface area contributed by atoms with Crippen molar-refractivity contribution in [2.45, 2.75) is 24.4 Å². The SMILES string of the molecule is CSc1ncc(C#CCCCC(=O)N(C)C)cn1. The normalized spacial score (nSPS) is 9.50. The second kappa shape index (κ2) is 7.72. The maximum Gasteiger partial charge on any atom is 0.222 e. The fraction of sp³-hybridized carbons (Fsp3) is 0.462. The molecule has 0 unspecified atom stereocenters. The van der Waals surface area contributed by atoms with Gasteiger partial charge in [-0.05, 0) is 12.7 Å². The van der Waals surface area contributed by atoms with Gasteiger partial charge in [0.15, 0.2) is 5.16 Å². The molecular weight excluding hydrogens is 246 g/mol. The first kappa shape index (κ1) is 14.5. The number of hydrogen-bond donors (Lipinski definition) is 0. The molecule has 1 amide bonds. The number of carbonyl (C=O) groups is 1. The van der Waals surface area contributed by atoms with E-state index in [9.17, 15) is 4.79 Å². The second-order valence-corrected chi connectivity index (χ2v) is 4.68. The molecular formula is C13H17N3OS. The Morgan fingerprint density at radius 2 is 2.06 bits per heavy atom. The molecule has 0 fully saturated rings. The monoisotopic (exact) mass is 263 g/mol. The fourth-order valence-corrected chi connectivity index (χ4v) is 1.52. The predicted molar refractivity (Wildman–Crippen MR) is 73.2 cm³/mol. The van der Waals surface area contributed by atoms with Crippen LogP contribution in [-0.4, -0.2) is 41.1 Å². The third-order valence-corrected chi connectivity index (χ3v) is 2.81. The first-order valence-electron chi connectivity index (χ1n) is 5.68. The number of carbonyl (C=O) groups excluding carboxylic acids is 1. The van der Waals surface area contributed by atoms with E-state index in [2.05, 4.69) is 21.8 Å². The molecule has 4 nitrogen and oxygen atoms in total. The molecule has 0 aliphatic carbocycles. The maximum atomic E-state index is 11.3. The Labute approximate surface area is 112 Å². The quantitative estimate of drug-likeness (QED) is 0.360. The summed E-state index contributed by atoms with van der Waals surface area (Å²) in [6.45, 7) is 0. The zero-order chi connectivity index (χ0) is 13.4. The van der Waals surface area contributed by atoms with E-state index in [4.69, 9.17) is 0 Å². The van der Waals surface area contributed by atoms with E-state index in [1.807, 2.05) is 6.26 Å². The van der Waals surface area contributed by atoms with E-state index in [1.165, 1.54) is 11.8 Å². The standard InChI is InChI=1S/C13H17N3OS/c1-16(2)12(17)8-6-4-5-7-11-9-14-13(18-3)15-10-11/h9-10H,4,6,8H2,1-3H3. The molecule has 1 heterocycles. The average Bonchev–Trinajstić information content (AvgIpc) is 2.38. The molecule has 0 N–H and O–H groups in total. The van der Waals surface area contributed by atoms with Crippen molar-refractivity contribution in [1.29, 1.82) is 0 Å². The highest BCUT2D eigenvalue weighted by Gasteiger charge is 2.01. The lowest BCUT2D eigenvalue weighted by atomic mass is 10.2. The van der Waals surface area contributed by atoms with Gasteiger partial charge in [-0.15, -0.1) is 0 Å². The van der Waals surface area contributed by atoms with Gasteiger partial charge in [0.1, 0.15) is 0 Å². The molecule has 0 saturated carbocycles. The first-order valence-corrected chi connectivity index (χ1v) is 6.91. The molecule has 1 aromatic rings. The van der Waals surface area contributed by atoms with Gasteiger partial charge in [0, 0.05) is 39.3 Å². The van der Waals surface area contributed by atoms with Crippen molar-refractivity contribution < 1.29 is 4.79 Å². The molecule has 5 heteroatoms. The summed E-state index contributed by atoms with van der Waals surface area (Å²) in [5, 5.41) is 0.747. The highest BCUT2D eigenvalue weighted by atomic mass is 32.2. The minimum Gasteiger partial charge on any atom is -0.349 e. The summed E-state index contributed by atoms with van der Waals surface area (Å²) in [6.07, 6.45) is 7.41. The molecule has 1 rings (SSSR count). The van der Waals surface area contributed by atoms with Crippen molar-refractivity contribution in [3.05, 3.63) is 18.0 Å². The van der Waals surface area contributed by atoms with Crippen molar-refractivity contribution in [2.24, 2.45) is 0 Å². The van der Waals surface area contributed by atoms with Gasteiger partial charge in [-0.1, -0.05) is 23.6 Å². The van der Waals surface area contributed by atoms with Crippen molar-refractivity contribution in [1.82, 2.24) is 14.9 Å². The Bertz CT molecular complexity index is 446. The third-order valence-electron chi connectivity index (χ3n) is 2.23. The molecule has 0 radical (unpaired) electrons. The lowest BCUT2D eigenvalue weighted by molar-refractivity contribution is -0.128. The Kier molecular flexibility index (Phi) is 6.23. The number of aromatic nitrogens is 2. The molecule has 0 aliphatic heterocycles. The van der Waals surface area contributed by atoms with Crippen LogP contribution in [0.15, 0.2) is 17.6 Å². The lowest BCUT2D eigenvalue weighted by Crippen LogP contribution is -2.20. The third kappa shape index (κ3) is 5.19. The van der Waals surface area contributed by atoms with Gasteiger partial charge >= 0.3 is 0 Å². The molecule has 96 valence electrons. The minimum atomic E-state index is 0.143. The number of nitrogens with zero attached hydrogens (tertiary/aromatic N) is 3. The van der Waals surface area contributed by atoms with Gasteiger partial charge in [0.05, 0.1) is 5.56 Å². The molecule has 0 spiro atoms. The van der Waals surface area contributed by atoms with E-state index < -0.39 is 0 Å². The lowest BCUT2D eigenvalue weighted by Gasteiger charge is -2.08. The smallest absolute Gasteiger partial charge is 0.222 e. The van der Waals surface area contributed by atoms with E-state index in [0.29, 0.717) is 12.8 Å². The van der Waals surface area contributed by atoms with Crippen molar-refractivity contribution >= 4 is 17.7 Å². The average molecular weight is 263 g/mol. The Morgan fingerprint density at radius 3 is 2.61 bits per heavy atom. The molecule has 1 aromatic heterocycles. The maximum absolute atomic E-state index is 11.3. The van der Waals surface area contributed by atoms with Crippen LogP contribution in [-0.2, 0) is 4.79 Å². The Hall–Kier alpha value is -1.54. The number of thioether (sulfide) groups is 1.